The van der Waals surface area contributed by atoms with Crippen molar-refractivity contribution in [3.63, 3.8) is 0 Å². The van der Waals surface area contributed by atoms with Gasteiger partial charge in [0, 0.05) is 26.2 Å². The highest BCUT2D eigenvalue weighted by Gasteiger charge is 2.29. The molecular weight excluding hydrogens is 246 g/mol. The van der Waals surface area contributed by atoms with E-state index in [0.717, 1.165) is 13.0 Å². The van der Waals surface area contributed by atoms with Crippen LogP contribution in [-0.2, 0) is 14.3 Å². The predicted octanol–water partition coefficient (Wildman–Crippen LogP) is -0.556. The van der Waals surface area contributed by atoms with E-state index in [0.29, 0.717) is 26.2 Å². The molecule has 0 aromatic carbocycles. The molecule has 0 aromatic rings. The summed E-state index contributed by atoms with van der Waals surface area (Å²) in [6.07, 6.45) is 1.09. The maximum absolute atomic E-state index is 12.3. The number of hydrogen-bond donors (Lipinski definition) is 1. The molecule has 0 spiro atoms. The summed E-state index contributed by atoms with van der Waals surface area (Å²) in [4.78, 5) is 27.4. The molecule has 0 aliphatic carbocycles. The van der Waals surface area contributed by atoms with E-state index in [1.807, 2.05) is 11.8 Å². The van der Waals surface area contributed by atoms with Gasteiger partial charge in [-0.3, -0.25) is 9.59 Å². The Labute approximate surface area is 114 Å². The summed E-state index contributed by atoms with van der Waals surface area (Å²) in [5.41, 5.74) is 0. The quantitative estimate of drug-likeness (QED) is 0.746. The second kappa shape index (κ2) is 6.34. The highest BCUT2D eigenvalue weighted by atomic mass is 16.5. The Morgan fingerprint density at radius 1 is 1.47 bits per heavy atom. The lowest BCUT2D eigenvalue weighted by Crippen LogP contribution is -2.55. The maximum Gasteiger partial charge on any atom is 0.242 e. The van der Waals surface area contributed by atoms with Gasteiger partial charge in [0.25, 0.3) is 0 Å². The highest BCUT2D eigenvalue weighted by molar-refractivity contribution is 5.86. The van der Waals surface area contributed by atoms with E-state index < -0.39 is 0 Å². The summed E-state index contributed by atoms with van der Waals surface area (Å²) in [6, 6.07) is 0. The van der Waals surface area contributed by atoms with Gasteiger partial charge in [-0.1, -0.05) is 6.92 Å². The molecule has 6 heteroatoms. The molecule has 0 aromatic heterocycles. The van der Waals surface area contributed by atoms with Gasteiger partial charge in [-0.15, -0.1) is 0 Å². The SMILES string of the molecule is CCC1CN(C(=O)CN2CCNCC2=O)CC(C)O1. The number of morpholine rings is 1. The second-order valence-electron chi connectivity index (χ2n) is 5.27. The average Bonchev–Trinajstić information content (AvgIpc) is 2.40. The van der Waals surface area contributed by atoms with Crippen molar-refractivity contribution in [3.8, 4) is 0 Å². The van der Waals surface area contributed by atoms with Gasteiger partial charge in [0.1, 0.15) is 0 Å². The van der Waals surface area contributed by atoms with Gasteiger partial charge in [0.05, 0.1) is 25.3 Å². The summed E-state index contributed by atoms with van der Waals surface area (Å²) in [5, 5.41) is 3.00. The number of rotatable bonds is 3. The number of piperazine rings is 1. The third-order valence-electron chi connectivity index (χ3n) is 3.65. The lowest BCUT2D eigenvalue weighted by molar-refractivity contribution is -0.149. The van der Waals surface area contributed by atoms with Gasteiger partial charge < -0.3 is 19.9 Å². The van der Waals surface area contributed by atoms with Crippen LogP contribution in [0.15, 0.2) is 0 Å². The van der Waals surface area contributed by atoms with Crippen LogP contribution in [0.5, 0.6) is 0 Å². The molecule has 2 fully saturated rings. The molecule has 2 heterocycles. The lowest BCUT2D eigenvalue weighted by atomic mass is 10.2. The molecule has 108 valence electrons. The summed E-state index contributed by atoms with van der Waals surface area (Å²) in [6.45, 7) is 7.21. The van der Waals surface area contributed by atoms with Crippen molar-refractivity contribution < 1.29 is 14.3 Å². The van der Waals surface area contributed by atoms with Crippen LogP contribution in [0.4, 0.5) is 0 Å². The fourth-order valence-corrected chi connectivity index (χ4v) is 2.55. The van der Waals surface area contributed by atoms with Crippen molar-refractivity contribution in [2.45, 2.75) is 32.5 Å². The van der Waals surface area contributed by atoms with Crippen molar-refractivity contribution in [2.75, 3.05) is 39.3 Å². The number of hydrogen-bond acceptors (Lipinski definition) is 4. The maximum atomic E-state index is 12.3. The van der Waals surface area contributed by atoms with E-state index in [9.17, 15) is 9.59 Å². The van der Waals surface area contributed by atoms with Gasteiger partial charge in [0.2, 0.25) is 11.8 Å². The average molecular weight is 269 g/mol. The molecule has 2 amide bonds. The van der Waals surface area contributed by atoms with E-state index in [2.05, 4.69) is 12.2 Å². The Balaban J connectivity index is 1.89. The smallest absolute Gasteiger partial charge is 0.242 e. The summed E-state index contributed by atoms with van der Waals surface area (Å²) < 4.78 is 5.74. The van der Waals surface area contributed by atoms with Crippen molar-refractivity contribution in [3.05, 3.63) is 0 Å². The third-order valence-corrected chi connectivity index (χ3v) is 3.65. The molecule has 2 atom stereocenters. The fraction of sp³-hybridized carbons (Fsp3) is 0.846. The minimum Gasteiger partial charge on any atom is -0.372 e. The zero-order valence-corrected chi connectivity index (χ0v) is 11.7. The fourth-order valence-electron chi connectivity index (χ4n) is 2.55. The van der Waals surface area contributed by atoms with Crippen LogP contribution in [0.25, 0.3) is 0 Å². The number of carbonyl (C=O) groups excluding carboxylic acids is 2. The molecule has 2 aliphatic rings. The van der Waals surface area contributed by atoms with Crippen LogP contribution in [0.1, 0.15) is 20.3 Å². The number of nitrogens with one attached hydrogen (secondary N) is 1. The number of nitrogens with zero attached hydrogens (tertiary/aromatic N) is 2. The monoisotopic (exact) mass is 269 g/mol. The number of carbonyl (C=O) groups is 2. The first-order valence-electron chi connectivity index (χ1n) is 7.02. The van der Waals surface area contributed by atoms with Gasteiger partial charge >= 0.3 is 0 Å². The molecule has 2 unspecified atom stereocenters. The third kappa shape index (κ3) is 3.67. The number of ether oxygens (including phenoxy) is 1. The Morgan fingerprint density at radius 2 is 2.26 bits per heavy atom. The Bertz CT molecular complexity index is 348. The summed E-state index contributed by atoms with van der Waals surface area (Å²) >= 11 is 0. The zero-order valence-electron chi connectivity index (χ0n) is 11.7. The van der Waals surface area contributed by atoms with Gasteiger partial charge in [-0.25, -0.2) is 0 Å². The van der Waals surface area contributed by atoms with E-state index in [-0.39, 0.29) is 30.6 Å². The van der Waals surface area contributed by atoms with Crippen LogP contribution >= 0.6 is 0 Å². The summed E-state index contributed by atoms with van der Waals surface area (Å²) in [5.74, 6) is 0.0387. The van der Waals surface area contributed by atoms with E-state index in [1.54, 1.807) is 4.90 Å². The molecule has 2 rings (SSSR count). The summed E-state index contributed by atoms with van der Waals surface area (Å²) in [7, 11) is 0. The van der Waals surface area contributed by atoms with Crippen LogP contribution in [-0.4, -0.2) is 73.1 Å². The molecule has 2 aliphatic heterocycles. The van der Waals surface area contributed by atoms with Gasteiger partial charge in [-0.2, -0.15) is 0 Å². The van der Waals surface area contributed by atoms with Crippen molar-refractivity contribution in [1.82, 2.24) is 15.1 Å². The molecule has 0 radical (unpaired) electrons. The van der Waals surface area contributed by atoms with Crippen molar-refractivity contribution in [2.24, 2.45) is 0 Å². The van der Waals surface area contributed by atoms with Crippen molar-refractivity contribution in [1.29, 1.82) is 0 Å². The zero-order chi connectivity index (χ0) is 13.8. The van der Waals surface area contributed by atoms with Crippen LogP contribution < -0.4 is 5.32 Å². The van der Waals surface area contributed by atoms with Crippen LogP contribution in [0, 0.1) is 0 Å². The molecule has 19 heavy (non-hydrogen) atoms. The predicted molar refractivity (Wildman–Crippen MR) is 70.7 cm³/mol. The minimum absolute atomic E-state index is 0.00736. The van der Waals surface area contributed by atoms with Crippen LogP contribution in [0.2, 0.25) is 0 Å². The first kappa shape index (κ1) is 14.3. The van der Waals surface area contributed by atoms with Crippen molar-refractivity contribution >= 4 is 11.8 Å². The molecule has 6 nitrogen and oxygen atoms in total. The largest absolute Gasteiger partial charge is 0.372 e. The van der Waals surface area contributed by atoms with Gasteiger partial charge in [0.15, 0.2) is 0 Å². The van der Waals surface area contributed by atoms with E-state index in [4.69, 9.17) is 4.74 Å². The van der Waals surface area contributed by atoms with E-state index in [1.165, 1.54) is 0 Å². The first-order chi connectivity index (χ1) is 9.10. The molecule has 1 N–H and O–H groups in total. The molecule has 0 saturated carbocycles. The molecule has 0 bridgehead atoms. The molecule has 2 saturated heterocycles. The van der Waals surface area contributed by atoms with Gasteiger partial charge in [-0.05, 0) is 13.3 Å². The molecular formula is C13H23N3O3. The number of amides is 2. The lowest BCUT2D eigenvalue weighted by Gasteiger charge is -2.38. The normalized spacial score (nSPS) is 28.6. The first-order valence-corrected chi connectivity index (χ1v) is 7.02. The highest BCUT2D eigenvalue weighted by Crippen LogP contribution is 2.14. The Morgan fingerprint density at radius 3 is 2.95 bits per heavy atom. The standard InChI is InChI=1S/C13H23N3O3/c1-3-11-8-16(7-10(2)19-11)13(18)9-15-5-4-14-6-12(15)17/h10-11,14H,3-9H2,1-2H3. The Hall–Kier alpha value is -1.14. The Kier molecular flexibility index (Phi) is 4.76. The van der Waals surface area contributed by atoms with E-state index >= 15 is 0 Å². The second-order valence-corrected chi connectivity index (χ2v) is 5.27. The topological polar surface area (TPSA) is 61.9 Å². The minimum atomic E-state index is 0.00736. The van der Waals surface area contributed by atoms with Crippen LogP contribution in [0.3, 0.4) is 0 Å².